The normalized spacial score (nSPS) is 19.0. The van der Waals surface area contributed by atoms with E-state index in [4.69, 9.17) is 0 Å². The molecule has 1 saturated carbocycles. The molecule has 2 aromatic heterocycles. The lowest BCUT2D eigenvalue weighted by Crippen LogP contribution is -2.25. The molecule has 5 N–H and O–H groups in total. The smallest absolute Gasteiger partial charge is 0.393 e. The Morgan fingerprint density at radius 2 is 1.69 bits per heavy atom. The minimum atomic E-state index is -4.80. The van der Waals surface area contributed by atoms with Gasteiger partial charge in [-0.15, -0.1) is 0 Å². The lowest BCUT2D eigenvalue weighted by Gasteiger charge is -2.31. The summed E-state index contributed by atoms with van der Waals surface area (Å²) < 4.78 is 54.5. The van der Waals surface area contributed by atoms with E-state index < -0.39 is 30.3 Å². The Bertz CT molecular complexity index is 1620. The van der Waals surface area contributed by atoms with Crippen molar-refractivity contribution in [3.63, 3.8) is 0 Å². The third-order valence-corrected chi connectivity index (χ3v) is 11.0. The number of aliphatic hydroxyl groups is 1. The van der Waals surface area contributed by atoms with Gasteiger partial charge in [-0.1, -0.05) is 19.9 Å². The number of benzene rings is 1. The van der Waals surface area contributed by atoms with Crippen LogP contribution in [-0.2, 0) is 22.4 Å². The molecule has 0 radical (unpaired) electrons. The van der Waals surface area contributed by atoms with Gasteiger partial charge in [-0.25, -0.2) is 4.98 Å². The fraction of sp³-hybridized carbons (Fsp3) is 0.467. The quantitative estimate of drug-likeness (QED) is 0.170. The van der Waals surface area contributed by atoms with E-state index in [9.17, 15) is 37.4 Å². The molecule has 242 valence electrons. The van der Waals surface area contributed by atoms with Crippen molar-refractivity contribution in [2.24, 2.45) is 0 Å². The van der Waals surface area contributed by atoms with Crippen molar-refractivity contribution in [3.8, 4) is 0 Å². The highest BCUT2D eigenvalue weighted by Gasteiger charge is 2.46. The first-order chi connectivity index (χ1) is 21.2. The number of carbonyl (C=O) groups is 1. The van der Waals surface area contributed by atoms with Crippen molar-refractivity contribution < 1.29 is 37.4 Å². The van der Waals surface area contributed by atoms with Gasteiger partial charge in [-0.2, -0.15) is 18.2 Å². The summed E-state index contributed by atoms with van der Waals surface area (Å²) in [6.45, 7) is 3.65. The number of nitrogens with zero attached hydrogens (tertiary/aromatic N) is 4. The maximum Gasteiger partial charge on any atom is 0.421 e. The lowest BCUT2D eigenvalue weighted by molar-refractivity contribution is -0.137. The van der Waals surface area contributed by atoms with Gasteiger partial charge in [-0.3, -0.25) is 14.3 Å². The second-order valence-electron chi connectivity index (χ2n) is 11.6. The van der Waals surface area contributed by atoms with Crippen LogP contribution < -0.4 is 10.6 Å². The van der Waals surface area contributed by atoms with Crippen molar-refractivity contribution in [1.29, 1.82) is 0 Å². The molecule has 3 aromatic rings. The molecule has 45 heavy (non-hydrogen) atoms. The summed E-state index contributed by atoms with van der Waals surface area (Å²) in [5.41, 5.74) is 1.55. The molecule has 15 heteroatoms. The summed E-state index contributed by atoms with van der Waals surface area (Å²) in [6.07, 6.45) is -0.0990. The van der Waals surface area contributed by atoms with Crippen LogP contribution in [0.5, 0.6) is 0 Å². The topological polar surface area (TPSA) is 161 Å². The average Bonchev–Trinajstić information content (AvgIpc) is 3.28. The first-order valence-electron chi connectivity index (χ1n) is 14.8. The number of aliphatic hydroxyl groups excluding tert-OH is 1. The van der Waals surface area contributed by atoms with Crippen LogP contribution in [0.3, 0.4) is 0 Å². The Labute approximate surface area is 258 Å². The third kappa shape index (κ3) is 6.29. The van der Waals surface area contributed by atoms with Crippen LogP contribution in [0.4, 0.5) is 36.3 Å². The van der Waals surface area contributed by atoms with Crippen LogP contribution in [0, 0.1) is 0 Å². The number of halogens is 3. The molecule has 1 fully saturated rings. The van der Waals surface area contributed by atoms with Crippen LogP contribution in [0.25, 0.3) is 0 Å². The maximum absolute atomic E-state index is 14.1. The second kappa shape index (κ2) is 12.3. The molecular weight excluding hydrogens is 612 g/mol. The molecular formula is C30H36F3N6O5P. The van der Waals surface area contributed by atoms with Crippen LogP contribution in [-0.4, -0.2) is 53.8 Å². The minimum absolute atomic E-state index is 0.137. The SMILES string of the molecule is CCC(CC)(c1ccc(Nc2ncc(C(F)(F)F)c(Nc3ccc(C4CCC(O)CC4)c4c3C(=O)N(C)C4)n2)cn1)P(=O)(O)O. The van der Waals surface area contributed by atoms with Gasteiger partial charge >= 0.3 is 13.8 Å². The number of hydrogen-bond acceptors (Lipinski definition) is 8. The van der Waals surface area contributed by atoms with Gasteiger partial charge in [0.2, 0.25) is 5.95 Å². The van der Waals surface area contributed by atoms with Crippen LogP contribution in [0.2, 0.25) is 0 Å². The average molecular weight is 649 g/mol. The molecule has 1 aliphatic heterocycles. The number of nitrogens with one attached hydrogen (secondary N) is 2. The Morgan fingerprint density at radius 3 is 2.27 bits per heavy atom. The Balaban J connectivity index is 1.47. The number of alkyl halides is 3. The number of carbonyl (C=O) groups excluding carboxylic acids is 1. The molecule has 0 spiro atoms. The summed E-state index contributed by atoms with van der Waals surface area (Å²) in [6, 6.07) is 6.39. The first-order valence-corrected chi connectivity index (χ1v) is 16.4. The number of aromatic nitrogens is 3. The Morgan fingerprint density at radius 1 is 1.00 bits per heavy atom. The molecule has 1 aliphatic carbocycles. The number of rotatable bonds is 9. The number of pyridine rings is 1. The van der Waals surface area contributed by atoms with Gasteiger partial charge in [-0.05, 0) is 73.8 Å². The fourth-order valence-electron chi connectivity index (χ4n) is 6.37. The van der Waals surface area contributed by atoms with Crippen molar-refractivity contribution in [3.05, 3.63) is 64.6 Å². The monoisotopic (exact) mass is 648 g/mol. The third-order valence-electron chi connectivity index (χ3n) is 9.01. The van der Waals surface area contributed by atoms with E-state index in [0.29, 0.717) is 31.1 Å². The van der Waals surface area contributed by atoms with Gasteiger partial charge in [0.15, 0.2) is 0 Å². The Hall–Kier alpha value is -3.58. The lowest BCUT2D eigenvalue weighted by atomic mass is 9.80. The highest BCUT2D eigenvalue weighted by atomic mass is 31.2. The predicted octanol–water partition coefficient (Wildman–Crippen LogP) is 6.17. The molecule has 2 aliphatic rings. The summed E-state index contributed by atoms with van der Waals surface area (Å²) >= 11 is 0. The number of amides is 1. The summed E-state index contributed by atoms with van der Waals surface area (Å²) in [5.74, 6) is -0.926. The standard InChI is InChI=1S/C30H36F3N6O5P/c1-4-29(5-2,45(42,43)44)24-13-8-18(14-34-24)36-28-35-15-22(30(31,32)33)26(38-28)37-23-12-11-20(17-6-9-19(40)10-7-17)21-16-39(3)27(41)25(21)23/h8,11-15,17,19,40H,4-7,9-10,16H2,1-3H3,(H2,42,43,44)(H2,35,36,37,38). The molecule has 0 atom stereocenters. The van der Waals surface area contributed by atoms with Gasteiger partial charge in [0.05, 0.1) is 34.9 Å². The van der Waals surface area contributed by atoms with Crippen LogP contribution in [0.15, 0.2) is 36.7 Å². The van der Waals surface area contributed by atoms with Crippen molar-refractivity contribution in [2.75, 3.05) is 17.7 Å². The van der Waals surface area contributed by atoms with Crippen LogP contribution >= 0.6 is 7.60 Å². The van der Waals surface area contributed by atoms with E-state index in [1.54, 1.807) is 27.0 Å². The molecule has 5 rings (SSSR count). The summed E-state index contributed by atoms with van der Waals surface area (Å²) in [5, 5.41) is 14.0. The summed E-state index contributed by atoms with van der Waals surface area (Å²) in [4.78, 5) is 46.9. The van der Waals surface area contributed by atoms with Gasteiger partial charge < -0.3 is 30.4 Å². The van der Waals surface area contributed by atoms with E-state index in [-0.39, 0.29) is 53.8 Å². The molecule has 0 saturated heterocycles. The molecule has 3 heterocycles. The molecule has 1 amide bonds. The highest BCUT2D eigenvalue weighted by Crippen LogP contribution is 2.60. The zero-order chi connectivity index (χ0) is 32.7. The van der Waals surface area contributed by atoms with E-state index in [2.05, 4.69) is 25.6 Å². The predicted molar refractivity (Wildman–Crippen MR) is 162 cm³/mol. The largest absolute Gasteiger partial charge is 0.421 e. The van der Waals surface area contributed by atoms with E-state index in [1.165, 1.54) is 23.2 Å². The first kappa shape index (κ1) is 32.8. The number of fused-ring (bicyclic) bond motifs is 1. The highest BCUT2D eigenvalue weighted by molar-refractivity contribution is 7.53. The number of anilines is 4. The van der Waals surface area contributed by atoms with E-state index in [1.807, 2.05) is 6.07 Å². The van der Waals surface area contributed by atoms with Gasteiger partial charge in [0.25, 0.3) is 5.91 Å². The molecule has 1 aromatic carbocycles. The minimum Gasteiger partial charge on any atom is -0.393 e. The van der Waals surface area contributed by atoms with Crippen molar-refractivity contribution in [1.82, 2.24) is 19.9 Å². The van der Waals surface area contributed by atoms with E-state index in [0.717, 1.165) is 24.0 Å². The van der Waals surface area contributed by atoms with Crippen molar-refractivity contribution >= 4 is 36.6 Å². The van der Waals surface area contributed by atoms with Gasteiger partial charge in [0.1, 0.15) is 16.5 Å². The van der Waals surface area contributed by atoms with E-state index >= 15 is 0 Å². The zero-order valence-corrected chi connectivity index (χ0v) is 26.0. The van der Waals surface area contributed by atoms with Gasteiger partial charge in [0, 0.05) is 19.8 Å². The summed E-state index contributed by atoms with van der Waals surface area (Å²) in [7, 11) is -2.92. The number of hydrogen-bond donors (Lipinski definition) is 5. The fourth-order valence-corrected chi connectivity index (χ4v) is 7.62. The molecule has 11 nitrogen and oxygen atoms in total. The second-order valence-corrected chi connectivity index (χ2v) is 13.6. The van der Waals surface area contributed by atoms with Crippen LogP contribution in [0.1, 0.15) is 91.0 Å². The van der Waals surface area contributed by atoms with Crippen molar-refractivity contribution in [2.45, 2.75) is 82.3 Å². The maximum atomic E-state index is 14.1. The molecule has 0 bridgehead atoms. The molecule has 0 unspecified atom stereocenters. The Kier molecular flexibility index (Phi) is 8.98. The zero-order valence-electron chi connectivity index (χ0n) is 25.1.